The van der Waals surface area contributed by atoms with Crippen molar-refractivity contribution in [2.75, 3.05) is 0 Å². The second kappa shape index (κ2) is 4.87. The van der Waals surface area contributed by atoms with Gasteiger partial charge in [0.25, 0.3) is 0 Å². The van der Waals surface area contributed by atoms with Crippen molar-refractivity contribution in [3.8, 4) is 0 Å². The van der Waals surface area contributed by atoms with Crippen LogP contribution in [0.5, 0.6) is 0 Å². The molecule has 68 valence electrons. The molecule has 0 aliphatic carbocycles. The van der Waals surface area contributed by atoms with E-state index < -0.39 is 0 Å². The fourth-order valence-electron chi connectivity index (χ4n) is 0.657. The van der Waals surface area contributed by atoms with Gasteiger partial charge in [-0.3, -0.25) is 4.68 Å². The second-order valence-corrected chi connectivity index (χ2v) is 2.24. The van der Waals surface area contributed by atoms with Gasteiger partial charge in [-0.25, -0.2) is 9.67 Å². The van der Waals surface area contributed by atoms with Crippen LogP contribution in [-0.2, 0) is 7.05 Å². The largest absolute Gasteiger partial charge is 0.276 e. The smallest absolute Gasteiger partial charge is 0.138 e. The topological polar surface area (TPSA) is 48.5 Å². The zero-order valence-electron chi connectivity index (χ0n) is 7.41. The van der Waals surface area contributed by atoms with Gasteiger partial charge in [-0.15, -0.1) is 0 Å². The van der Waals surface area contributed by atoms with E-state index in [1.54, 1.807) is 23.4 Å². The molecule has 0 fully saturated rings. The molecule has 5 heteroatoms. The molecule has 0 N–H and O–H groups in total. The molecule has 0 bridgehead atoms. The van der Waals surface area contributed by atoms with Gasteiger partial charge in [0.15, 0.2) is 0 Å². The van der Waals surface area contributed by atoms with Crippen LogP contribution < -0.4 is 0 Å². The van der Waals surface area contributed by atoms with Crippen LogP contribution in [0, 0.1) is 0 Å². The van der Waals surface area contributed by atoms with E-state index in [9.17, 15) is 0 Å². The van der Waals surface area contributed by atoms with E-state index in [4.69, 9.17) is 0 Å². The molecular weight excluding hydrogens is 166 g/mol. The minimum absolute atomic E-state index is 1.46. The fourth-order valence-corrected chi connectivity index (χ4v) is 0.657. The van der Waals surface area contributed by atoms with E-state index in [-0.39, 0.29) is 0 Å². The highest BCUT2D eigenvalue weighted by Crippen LogP contribution is 1.74. The van der Waals surface area contributed by atoms with Crippen LogP contribution in [0.2, 0.25) is 0 Å². The zero-order chi connectivity index (χ0) is 9.52. The third-order valence-corrected chi connectivity index (χ3v) is 1.26. The molecule has 0 amide bonds. The van der Waals surface area contributed by atoms with Gasteiger partial charge in [0.1, 0.15) is 12.7 Å². The molecule has 0 unspecified atom stereocenters. The molecule has 2 heterocycles. The van der Waals surface area contributed by atoms with Gasteiger partial charge in [-0.1, -0.05) is 6.58 Å². The first-order valence-electron chi connectivity index (χ1n) is 3.73. The first-order chi connectivity index (χ1) is 6.33. The summed E-state index contributed by atoms with van der Waals surface area (Å²) in [4.78, 5) is 3.67. The Balaban J connectivity index is 0.000000132. The van der Waals surface area contributed by atoms with E-state index in [0.29, 0.717) is 0 Å². The van der Waals surface area contributed by atoms with Crippen molar-refractivity contribution in [2.24, 2.45) is 7.05 Å². The summed E-state index contributed by atoms with van der Waals surface area (Å²) in [6, 6.07) is 1.89. The van der Waals surface area contributed by atoms with Crippen molar-refractivity contribution in [1.82, 2.24) is 24.5 Å². The number of hydrogen-bond acceptors (Lipinski definition) is 3. The summed E-state index contributed by atoms with van der Waals surface area (Å²) in [5.74, 6) is 0. The van der Waals surface area contributed by atoms with Gasteiger partial charge < -0.3 is 0 Å². The number of aromatic nitrogens is 5. The van der Waals surface area contributed by atoms with Crippen LogP contribution in [-0.4, -0.2) is 24.5 Å². The maximum absolute atomic E-state index is 3.83. The van der Waals surface area contributed by atoms with E-state index in [0.717, 1.165) is 0 Å². The monoisotopic (exact) mass is 177 g/mol. The predicted molar refractivity (Wildman–Crippen MR) is 49.6 cm³/mol. The summed E-state index contributed by atoms with van der Waals surface area (Å²) in [5.41, 5.74) is 0. The third kappa shape index (κ3) is 3.33. The lowest BCUT2D eigenvalue weighted by atomic mass is 10.8. The number of rotatable bonds is 1. The van der Waals surface area contributed by atoms with E-state index >= 15 is 0 Å². The molecule has 0 saturated carbocycles. The summed E-state index contributed by atoms with van der Waals surface area (Å²) in [7, 11) is 1.89. The minimum atomic E-state index is 1.46. The molecule has 0 aromatic carbocycles. The second-order valence-electron chi connectivity index (χ2n) is 2.24. The minimum Gasteiger partial charge on any atom is -0.276 e. The van der Waals surface area contributed by atoms with Crippen molar-refractivity contribution in [2.45, 2.75) is 0 Å². The Morgan fingerprint density at radius 1 is 1.38 bits per heavy atom. The summed E-state index contributed by atoms with van der Waals surface area (Å²) >= 11 is 0. The summed E-state index contributed by atoms with van der Waals surface area (Å²) in [5, 5.41) is 7.56. The fraction of sp³-hybridized carbons (Fsp3) is 0.125. The number of nitrogens with zero attached hydrogens (tertiary/aromatic N) is 5. The molecule has 0 spiro atoms. The average Bonchev–Trinajstić information content (AvgIpc) is 2.76. The van der Waals surface area contributed by atoms with Crippen molar-refractivity contribution in [3.05, 3.63) is 37.7 Å². The molecule has 0 aliphatic rings. The van der Waals surface area contributed by atoms with E-state index in [1.165, 1.54) is 11.0 Å². The molecule has 2 aromatic rings. The van der Waals surface area contributed by atoms with Crippen LogP contribution in [0.15, 0.2) is 37.7 Å². The van der Waals surface area contributed by atoms with Crippen LogP contribution in [0.1, 0.15) is 0 Å². The SMILES string of the molecule is C=Cn1cncn1.Cn1cccn1. The van der Waals surface area contributed by atoms with Crippen LogP contribution in [0.4, 0.5) is 0 Å². The highest BCUT2D eigenvalue weighted by atomic mass is 15.3. The van der Waals surface area contributed by atoms with E-state index in [1.807, 2.05) is 19.3 Å². The molecule has 0 atom stereocenters. The molecule has 2 aromatic heterocycles. The maximum atomic E-state index is 3.83. The summed E-state index contributed by atoms with van der Waals surface area (Å²) in [6.07, 6.45) is 8.25. The molecule has 13 heavy (non-hydrogen) atoms. The lowest BCUT2D eigenvalue weighted by Crippen LogP contribution is -1.83. The van der Waals surface area contributed by atoms with Crippen molar-refractivity contribution in [1.29, 1.82) is 0 Å². The number of hydrogen-bond donors (Lipinski definition) is 0. The Kier molecular flexibility index (Phi) is 3.44. The van der Waals surface area contributed by atoms with Crippen molar-refractivity contribution < 1.29 is 0 Å². The van der Waals surface area contributed by atoms with E-state index in [2.05, 4.69) is 21.8 Å². The Hall–Kier alpha value is -1.91. The third-order valence-electron chi connectivity index (χ3n) is 1.26. The molecular formula is C8H11N5. The molecule has 5 nitrogen and oxygen atoms in total. The number of aryl methyl sites for hydroxylation is 1. The highest BCUT2D eigenvalue weighted by Gasteiger charge is 1.74. The Labute approximate surface area is 76.3 Å². The quantitative estimate of drug-likeness (QED) is 0.647. The van der Waals surface area contributed by atoms with Gasteiger partial charge in [-0.05, 0) is 6.07 Å². The van der Waals surface area contributed by atoms with Crippen LogP contribution in [0.25, 0.3) is 6.20 Å². The van der Waals surface area contributed by atoms with Crippen molar-refractivity contribution in [3.63, 3.8) is 0 Å². The summed E-state index contributed by atoms with van der Waals surface area (Å²) < 4.78 is 3.28. The average molecular weight is 177 g/mol. The first-order valence-corrected chi connectivity index (χ1v) is 3.73. The zero-order valence-corrected chi connectivity index (χ0v) is 7.41. The van der Waals surface area contributed by atoms with Crippen LogP contribution >= 0.6 is 0 Å². The molecule has 2 rings (SSSR count). The lowest BCUT2D eigenvalue weighted by molar-refractivity contribution is 0.768. The van der Waals surface area contributed by atoms with Gasteiger partial charge >= 0.3 is 0 Å². The summed E-state index contributed by atoms with van der Waals surface area (Å²) in [6.45, 7) is 3.46. The Bertz CT molecular complexity index is 321. The van der Waals surface area contributed by atoms with Gasteiger partial charge in [0.05, 0.1) is 0 Å². The maximum Gasteiger partial charge on any atom is 0.138 e. The van der Waals surface area contributed by atoms with Gasteiger partial charge in [-0.2, -0.15) is 10.2 Å². The standard InChI is InChI=1S/C4H5N3.C4H6N2/c1-2-7-4-5-3-6-7;1-6-4-2-3-5-6/h2-4H,1H2;2-4H,1H3. The predicted octanol–water partition coefficient (Wildman–Crippen LogP) is 0.799. The molecule has 0 aliphatic heterocycles. The molecule has 0 radical (unpaired) electrons. The van der Waals surface area contributed by atoms with Crippen LogP contribution in [0.3, 0.4) is 0 Å². The van der Waals surface area contributed by atoms with Crippen molar-refractivity contribution >= 4 is 6.20 Å². The lowest BCUT2D eigenvalue weighted by Gasteiger charge is -1.78. The van der Waals surface area contributed by atoms with Gasteiger partial charge in [0.2, 0.25) is 0 Å². The Morgan fingerprint density at radius 3 is 2.46 bits per heavy atom. The Morgan fingerprint density at radius 2 is 2.23 bits per heavy atom. The molecule has 0 saturated heterocycles. The highest BCUT2D eigenvalue weighted by molar-refractivity contribution is 5.10. The van der Waals surface area contributed by atoms with Gasteiger partial charge in [0, 0.05) is 25.6 Å². The normalized spacial score (nSPS) is 8.69. The first kappa shape index (κ1) is 9.18.